The lowest BCUT2D eigenvalue weighted by Gasteiger charge is -2.29. The third-order valence-corrected chi connectivity index (χ3v) is 6.25. The second-order valence-corrected chi connectivity index (χ2v) is 11.9. The second kappa shape index (κ2) is 12.9. The van der Waals surface area contributed by atoms with Crippen LogP contribution >= 0.6 is 0 Å². The summed E-state index contributed by atoms with van der Waals surface area (Å²) < 4.78 is 5.43. The van der Waals surface area contributed by atoms with Crippen molar-refractivity contribution in [2.75, 3.05) is 0 Å². The molecule has 0 aromatic heterocycles. The van der Waals surface area contributed by atoms with Crippen molar-refractivity contribution in [2.45, 2.75) is 85.8 Å². The molecule has 2 atom stereocenters. The summed E-state index contributed by atoms with van der Waals surface area (Å²) in [6.45, 7) is 12.6. The number of hydrogen-bond donors (Lipinski definition) is 2. The van der Waals surface area contributed by atoms with E-state index in [-0.39, 0.29) is 6.42 Å². The van der Waals surface area contributed by atoms with Gasteiger partial charge in [-0.2, -0.15) is 0 Å². The molecular formula is C31H41NO6. The van der Waals surface area contributed by atoms with Gasteiger partial charge in [-0.1, -0.05) is 57.2 Å². The molecule has 2 rings (SSSR count). The summed E-state index contributed by atoms with van der Waals surface area (Å²) in [4.78, 5) is 48.6. The third kappa shape index (κ3) is 9.43. The molecule has 0 aliphatic heterocycles. The first kappa shape index (κ1) is 30.7. The van der Waals surface area contributed by atoms with Crippen LogP contribution in [0.1, 0.15) is 82.3 Å². The first-order valence-electron chi connectivity index (χ1n) is 13.0. The molecule has 7 nitrogen and oxygen atoms in total. The molecule has 0 aliphatic carbocycles. The summed E-state index contributed by atoms with van der Waals surface area (Å²) >= 11 is 0. The predicted octanol–water partition coefficient (Wildman–Crippen LogP) is 5.76. The number of amides is 1. The maximum absolute atomic E-state index is 13.1. The molecule has 0 unspecified atom stereocenters. The molecule has 0 aliphatic rings. The molecule has 0 spiro atoms. The van der Waals surface area contributed by atoms with E-state index in [9.17, 15) is 24.3 Å². The zero-order valence-corrected chi connectivity index (χ0v) is 23.6. The van der Waals surface area contributed by atoms with Crippen LogP contribution in [0.5, 0.6) is 0 Å². The Kier molecular flexibility index (Phi) is 10.4. The van der Waals surface area contributed by atoms with Crippen LogP contribution in [0.4, 0.5) is 0 Å². The van der Waals surface area contributed by atoms with Crippen LogP contribution in [0.3, 0.4) is 0 Å². The molecule has 2 N–H and O–H groups in total. The topological polar surface area (TPSA) is 110 Å². The van der Waals surface area contributed by atoms with Crippen molar-refractivity contribution in [3.05, 3.63) is 59.2 Å². The van der Waals surface area contributed by atoms with Gasteiger partial charge < -0.3 is 15.2 Å². The third-order valence-electron chi connectivity index (χ3n) is 6.25. The zero-order valence-electron chi connectivity index (χ0n) is 23.6. The van der Waals surface area contributed by atoms with Gasteiger partial charge in [-0.05, 0) is 80.7 Å². The van der Waals surface area contributed by atoms with E-state index in [0.717, 1.165) is 28.5 Å². The van der Waals surface area contributed by atoms with Crippen molar-refractivity contribution in [1.82, 2.24) is 5.32 Å². The lowest BCUT2D eigenvalue weighted by atomic mass is 9.86. The molecule has 206 valence electrons. The largest absolute Gasteiger partial charge is 0.480 e. The van der Waals surface area contributed by atoms with Gasteiger partial charge in [0.2, 0.25) is 5.91 Å². The normalized spacial score (nSPS) is 13.3. The van der Waals surface area contributed by atoms with Gasteiger partial charge in [0.1, 0.15) is 17.9 Å². The predicted molar refractivity (Wildman–Crippen MR) is 148 cm³/mol. The van der Waals surface area contributed by atoms with E-state index in [4.69, 9.17) is 4.74 Å². The van der Waals surface area contributed by atoms with Crippen LogP contribution < -0.4 is 5.32 Å². The average molecular weight is 524 g/mol. The Morgan fingerprint density at radius 3 is 2.26 bits per heavy atom. The molecule has 0 heterocycles. The minimum atomic E-state index is -1.11. The number of ether oxygens (including phenoxy) is 1. The molecule has 0 radical (unpaired) electrons. The number of hydrogen-bond acceptors (Lipinski definition) is 5. The number of carboxylic acid groups (broad SMARTS) is 1. The lowest BCUT2D eigenvalue weighted by molar-refractivity contribution is -0.157. The maximum atomic E-state index is 13.1. The number of nitrogens with one attached hydrogen (secondary N) is 1. The number of aliphatic carboxylic acids is 1. The Balaban J connectivity index is 2.14. The van der Waals surface area contributed by atoms with Crippen molar-refractivity contribution in [1.29, 1.82) is 0 Å². The SMILES string of the molecule is Cc1cc(CCC[C@H](CC(=O)OC(C)(C)C)C(=O)N[C@H](C(=O)O)C(C)(C)C)ccc1-c1cccc(C=O)c1. The lowest BCUT2D eigenvalue weighted by Crippen LogP contribution is -2.51. The Labute approximate surface area is 226 Å². The van der Waals surface area contributed by atoms with Crippen molar-refractivity contribution in [3.63, 3.8) is 0 Å². The molecule has 0 fully saturated rings. The number of aryl methyl sites for hydroxylation is 2. The van der Waals surface area contributed by atoms with Crippen molar-refractivity contribution < 1.29 is 29.0 Å². The van der Waals surface area contributed by atoms with Gasteiger partial charge in [-0.25, -0.2) is 4.79 Å². The second-order valence-electron chi connectivity index (χ2n) is 11.9. The first-order chi connectivity index (χ1) is 17.6. The van der Waals surface area contributed by atoms with Gasteiger partial charge in [-0.15, -0.1) is 0 Å². The quantitative estimate of drug-likeness (QED) is 0.286. The van der Waals surface area contributed by atoms with Gasteiger partial charge in [0, 0.05) is 11.5 Å². The minimum Gasteiger partial charge on any atom is -0.480 e. The van der Waals surface area contributed by atoms with E-state index in [1.165, 1.54) is 0 Å². The molecule has 0 saturated heterocycles. The van der Waals surface area contributed by atoms with Crippen molar-refractivity contribution in [2.24, 2.45) is 11.3 Å². The fourth-order valence-electron chi connectivity index (χ4n) is 4.36. The van der Waals surface area contributed by atoms with E-state index in [1.54, 1.807) is 47.6 Å². The fourth-order valence-corrected chi connectivity index (χ4v) is 4.36. The van der Waals surface area contributed by atoms with Crippen LogP contribution in [0.15, 0.2) is 42.5 Å². The average Bonchev–Trinajstić information content (AvgIpc) is 2.79. The summed E-state index contributed by atoms with van der Waals surface area (Å²) in [6, 6.07) is 12.5. The summed E-state index contributed by atoms with van der Waals surface area (Å²) in [7, 11) is 0. The van der Waals surface area contributed by atoms with Gasteiger partial charge >= 0.3 is 11.9 Å². The summed E-state index contributed by atoms with van der Waals surface area (Å²) in [5.74, 6) is -2.77. The Morgan fingerprint density at radius 1 is 1.03 bits per heavy atom. The number of rotatable bonds is 11. The highest BCUT2D eigenvalue weighted by Crippen LogP contribution is 2.27. The van der Waals surface area contributed by atoms with Crippen molar-refractivity contribution >= 4 is 24.1 Å². The molecule has 2 aromatic carbocycles. The van der Waals surface area contributed by atoms with E-state index in [0.29, 0.717) is 24.8 Å². The molecule has 38 heavy (non-hydrogen) atoms. The molecule has 7 heteroatoms. The van der Waals surface area contributed by atoms with Crippen LogP contribution in [0.25, 0.3) is 11.1 Å². The van der Waals surface area contributed by atoms with E-state index in [1.807, 2.05) is 37.3 Å². The highest BCUT2D eigenvalue weighted by atomic mass is 16.6. The van der Waals surface area contributed by atoms with Crippen LogP contribution in [0, 0.1) is 18.3 Å². The molecule has 0 bridgehead atoms. The zero-order chi connectivity index (χ0) is 28.7. The first-order valence-corrected chi connectivity index (χ1v) is 13.0. The Hall–Kier alpha value is -3.48. The van der Waals surface area contributed by atoms with E-state index >= 15 is 0 Å². The summed E-state index contributed by atoms with van der Waals surface area (Å²) in [6.07, 6.45) is 2.44. The van der Waals surface area contributed by atoms with Crippen molar-refractivity contribution in [3.8, 4) is 11.1 Å². The number of benzene rings is 2. The van der Waals surface area contributed by atoms with E-state index in [2.05, 4.69) is 11.4 Å². The Bertz CT molecular complexity index is 1160. The van der Waals surface area contributed by atoms with Gasteiger partial charge in [0.05, 0.1) is 6.42 Å². The fraction of sp³-hybridized carbons (Fsp3) is 0.484. The van der Waals surface area contributed by atoms with Crippen LogP contribution in [-0.2, 0) is 25.5 Å². The van der Waals surface area contributed by atoms with Crippen LogP contribution in [0.2, 0.25) is 0 Å². The number of carbonyl (C=O) groups excluding carboxylic acids is 3. The number of carbonyl (C=O) groups is 4. The molecule has 1 amide bonds. The maximum Gasteiger partial charge on any atom is 0.326 e. The number of carboxylic acids is 1. The minimum absolute atomic E-state index is 0.120. The molecule has 2 aromatic rings. The monoisotopic (exact) mass is 523 g/mol. The van der Waals surface area contributed by atoms with Gasteiger partial charge in [0.15, 0.2) is 0 Å². The van der Waals surface area contributed by atoms with Gasteiger partial charge in [0.25, 0.3) is 0 Å². The standard InChI is InChI=1S/C31H41NO6/c1-20-16-21(14-15-25(20)23-12-9-11-22(17-23)19-33)10-8-13-24(18-26(34)38-31(5,6)7)28(35)32-27(29(36)37)30(2,3)4/h9,11-12,14-17,19,24,27H,8,10,13,18H2,1-7H3,(H,32,35)(H,36,37)/t24-,27-/m1/s1. The molecular weight excluding hydrogens is 482 g/mol. The highest BCUT2D eigenvalue weighted by Gasteiger charge is 2.35. The Morgan fingerprint density at radius 2 is 1.71 bits per heavy atom. The molecule has 0 saturated carbocycles. The highest BCUT2D eigenvalue weighted by molar-refractivity contribution is 5.88. The summed E-state index contributed by atoms with van der Waals surface area (Å²) in [5.41, 5.74) is 3.42. The number of esters is 1. The van der Waals surface area contributed by atoms with Crippen LogP contribution in [-0.4, -0.2) is 40.9 Å². The summed E-state index contributed by atoms with van der Waals surface area (Å²) in [5, 5.41) is 12.3. The van der Waals surface area contributed by atoms with Gasteiger partial charge in [-0.3, -0.25) is 14.4 Å². The smallest absolute Gasteiger partial charge is 0.326 e. The number of aldehydes is 1. The van der Waals surface area contributed by atoms with E-state index < -0.39 is 40.8 Å².